The minimum absolute atomic E-state index is 0.0606. The second kappa shape index (κ2) is 6.14. The van der Waals surface area contributed by atoms with Crippen LogP contribution in [0.2, 0.25) is 0 Å². The van der Waals surface area contributed by atoms with Gasteiger partial charge in [-0.05, 0) is 17.7 Å². The molecule has 0 bridgehead atoms. The van der Waals surface area contributed by atoms with Gasteiger partial charge in [0.2, 0.25) is 10.0 Å². The summed E-state index contributed by atoms with van der Waals surface area (Å²) in [5, 5.41) is 8.60. The molecule has 1 aromatic carbocycles. The lowest BCUT2D eigenvalue weighted by atomic mass is 10.1. The van der Waals surface area contributed by atoms with E-state index in [2.05, 4.69) is 9.46 Å². The zero-order chi connectivity index (χ0) is 13.6. The number of hydrogen-bond donors (Lipinski definition) is 1. The number of nitrogens with one attached hydrogen (secondary N) is 1. The zero-order valence-electron chi connectivity index (χ0n) is 9.71. The lowest BCUT2D eigenvalue weighted by molar-refractivity contribution is -0.137. The lowest BCUT2D eigenvalue weighted by Gasteiger charge is -2.05. The highest BCUT2D eigenvalue weighted by atomic mass is 32.2. The molecule has 0 spiro atoms. The van der Waals surface area contributed by atoms with Gasteiger partial charge in [0, 0.05) is 6.54 Å². The molecule has 1 rings (SSSR count). The molecule has 0 saturated heterocycles. The Morgan fingerprint density at radius 1 is 1.39 bits per heavy atom. The summed E-state index contributed by atoms with van der Waals surface area (Å²) in [6, 6.07) is 8.41. The summed E-state index contributed by atoms with van der Waals surface area (Å²) in [4.78, 5) is 10.8. The van der Waals surface area contributed by atoms with Gasteiger partial charge < -0.3 is 4.74 Å². The molecule has 6 nitrogen and oxygen atoms in total. The van der Waals surface area contributed by atoms with E-state index in [9.17, 15) is 13.2 Å². The summed E-state index contributed by atoms with van der Waals surface area (Å²) in [5.74, 6) is -1.53. The van der Waals surface area contributed by atoms with E-state index in [4.69, 9.17) is 5.26 Å². The van der Waals surface area contributed by atoms with Crippen LogP contribution in [-0.4, -0.2) is 27.2 Å². The Hall–Kier alpha value is -1.91. The number of benzene rings is 1. The maximum absolute atomic E-state index is 11.4. The molecule has 0 aliphatic heterocycles. The Bertz CT molecular complexity index is 558. The molecule has 1 aromatic rings. The van der Waals surface area contributed by atoms with Gasteiger partial charge in [0.05, 0.1) is 18.7 Å². The van der Waals surface area contributed by atoms with Crippen LogP contribution in [0, 0.1) is 11.3 Å². The van der Waals surface area contributed by atoms with Crippen molar-refractivity contribution in [2.24, 2.45) is 0 Å². The highest BCUT2D eigenvalue weighted by molar-refractivity contribution is 7.90. The van der Waals surface area contributed by atoms with Crippen molar-refractivity contribution in [3.63, 3.8) is 0 Å². The summed E-state index contributed by atoms with van der Waals surface area (Å²) in [7, 11) is -2.57. The third-order valence-corrected chi connectivity index (χ3v) is 3.31. The number of methoxy groups -OCH3 is 1. The van der Waals surface area contributed by atoms with E-state index in [0.29, 0.717) is 11.1 Å². The smallest absolute Gasteiger partial charge is 0.322 e. The average molecular weight is 268 g/mol. The topological polar surface area (TPSA) is 96.3 Å². The molecule has 0 aliphatic rings. The maximum Gasteiger partial charge on any atom is 0.322 e. The minimum atomic E-state index is -3.70. The van der Waals surface area contributed by atoms with Crippen LogP contribution in [-0.2, 0) is 26.1 Å². The fourth-order valence-corrected chi connectivity index (χ4v) is 2.07. The standard InChI is InChI=1S/C11H12N2O4S/c1-17-11(14)8-18(15,16)13-7-10-4-2-9(6-12)3-5-10/h2-5,13H,7-8H2,1H3. The third-order valence-electron chi connectivity index (χ3n) is 2.11. The van der Waals surface area contributed by atoms with Gasteiger partial charge in [-0.25, -0.2) is 13.1 Å². The highest BCUT2D eigenvalue weighted by Gasteiger charge is 2.16. The zero-order valence-corrected chi connectivity index (χ0v) is 10.5. The van der Waals surface area contributed by atoms with Crippen molar-refractivity contribution < 1.29 is 17.9 Å². The van der Waals surface area contributed by atoms with Gasteiger partial charge in [-0.15, -0.1) is 0 Å². The van der Waals surface area contributed by atoms with Crippen LogP contribution in [0.15, 0.2) is 24.3 Å². The number of carbonyl (C=O) groups excluding carboxylic acids is 1. The predicted octanol–water partition coefficient (Wildman–Crippen LogP) is 0.151. The van der Waals surface area contributed by atoms with Crippen LogP contribution in [0.4, 0.5) is 0 Å². The van der Waals surface area contributed by atoms with Gasteiger partial charge in [-0.1, -0.05) is 12.1 Å². The van der Waals surface area contributed by atoms with Gasteiger partial charge >= 0.3 is 5.97 Å². The molecule has 0 aliphatic carbocycles. The van der Waals surface area contributed by atoms with Gasteiger partial charge in [-0.3, -0.25) is 4.79 Å². The van der Waals surface area contributed by atoms with E-state index in [-0.39, 0.29) is 6.54 Å². The van der Waals surface area contributed by atoms with Crippen LogP contribution < -0.4 is 4.72 Å². The second-order valence-electron chi connectivity index (χ2n) is 3.47. The van der Waals surface area contributed by atoms with Crippen LogP contribution in [0.25, 0.3) is 0 Å². The molecule has 18 heavy (non-hydrogen) atoms. The Morgan fingerprint density at radius 3 is 2.50 bits per heavy atom. The summed E-state index contributed by atoms with van der Waals surface area (Å²) in [5.41, 5.74) is 1.19. The summed E-state index contributed by atoms with van der Waals surface area (Å²) in [6.45, 7) is 0.0606. The van der Waals surface area contributed by atoms with Crippen LogP contribution in [0.1, 0.15) is 11.1 Å². The number of rotatable bonds is 5. The van der Waals surface area contributed by atoms with E-state index in [1.165, 1.54) is 0 Å². The maximum atomic E-state index is 11.4. The van der Waals surface area contributed by atoms with Crippen molar-refractivity contribution in [3.8, 4) is 6.07 Å². The van der Waals surface area contributed by atoms with Crippen LogP contribution in [0.3, 0.4) is 0 Å². The number of carbonyl (C=O) groups is 1. The highest BCUT2D eigenvalue weighted by Crippen LogP contribution is 2.03. The van der Waals surface area contributed by atoms with Crippen molar-refractivity contribution >= 4 is 16.0 Å². The van der Waals surface area contributed by atoms with E-state index < -0.39 is 21.7 Å². The van der Waals surface area contributed by atoms with E-state index in [1.54, 1.807) is 24.3 Å². The Labute approximate surface area is 105 Å². The number of hydrogen-bond acceptors (Lipinski definition) is 5. The van der Waals surface area contributed by atoms with E-state index in [0.717, 1.165) is 7.11 Å². The molecule has 0 heterocycles. The van der Waals surface area contributed by atoms with Gasteiger partial charge in [0.15, 0.2) is 5.75 Å². The molecule has 7 heteroatoms. The summed E-state index contributed by atoms with van der Waals surface area (Å²) >= 11 is 0. The largest absolute Gasteiger partial charge is 0.468 e. The first-order valence-electron chi connectivity index (χ1n) is 5.00. The molecule has 0 fully saturated rings. The van der Waals surface area contributed by atoms with Crippen molar-refractivity contribution in [2.45, 2.75) is 6.54 Å². The summed E-state index contributed by atoms with van der Waals surface area (Å²) < 4.78 is 29.4. The Morgan fingerprint density at radius 2 is 2.00 bits per heavy atom. The number of esters is 1. The Balaban J connectivity index is 2.59. The molecule has 96 valence electrons. The fraction of sp³-hybridized carbons (Fsp3) is 0.273. The molecular weight excluding hydrogens is 256 g/mol. The monoisotopic (exact) mass is 268 g/mol. The first-order valence-corrected chi connectivity index (χ1v) is 6.65. The molecule has 1 N–H and O–H groups in total. The number of nitrogens with zero attached hydrogens (tertiary/aromatic N) is 1. The normalized spacial score (nSPS) is 10.7. The van der Waals surface area contributed by atoms with Crippen molar-refractivity contribution in [3.05, 3.63) is 35.4 Å². The van der Waals surface area contributed by atoms with Crippen LogP contribution >= 0.6 is 0 Å². The van der Waals surface area contributed by atoms with Gasteiger partial charge in [0.25, 0.3) is 0 Å². The lowest BCUT2D eigenvalue weighted by Crippen LogP contribution is -2.30. The van der Waals surface area contributed by atoms with Crippen LogP contribution in [0.5, 0.6) is 0 Å². The molecule has 0 radical (unpaired) electrons. The average Bonchev–Trinajstić information content (AvgIpc) is 2.36. The molecular formula is C11H12N2O4S. The quantitative estimate of drug-likeness (QED) is 0.767. The fourth-order valence-electron chi connectivity index (χ4n) is 1.16. The minimum Gasteiger partial charge on any atom is -0.468 e. The first-order chi connectivity index (χ1) is 8.46. The Kier molecular flexibility index (Phi) is 4.83. The molecule has 0 unspecified atom stereocenters. The predicted molar refractivity (Wildman–Crippen MR) is 63.8 cm³/mol. The molecule has 0 saturated carbocycles. The summed E-state index contributed by atoms with van der Waals surface area (Å²) in [6.07, 6.45) is 0. The molecule has 0 atom stereocenters. The molecule has 0 amide bonds. The SMILES string of the molecule is COC(=O)CS(=O)(=O)NCc1ccc(C#N)cc1. The third kappa shape index (κ3) is 4.53. The molecule has 0 aromatic heterocycles. The van der Waals surface area contributed by atoms with E-state index in [1.807, 2.05) is 6.07 Å². The van der Waals surface area contributed by atoms with Gasteiger partial charge in [-0.2, -0.15) is 5.26 Å². The van der Waals surface area contributed by atoms with E-state index >= 15 is 0 Å². The number of sulfonamides is 1. The second-order valence-corrected chi connectivity index (χ2v) is 5.27. The van der Waals surface area contributed by atoms with Crippen molar-refractivity contribution in [1.82, 2.24) is 4.72 Å². The van der Waals surface area contributed by atoms with Gasteiger partial charge in [0.1, 0.15) is 0 Å². The number of nitriles is 1. The van der Waals surface area contributed by atoms with Crippen molar-refractivity contribution in [2.75, 3.05) is 12.9 Å². The number of ether oxygens (including phenoxy) is 1. The van der Waals surface area contributed by atoms with Crippen molar-refractivity contribution in [1.29, 1.82) is 5.26 Å². The first kappa shape index (κ1) is 14.2.